The molecule has 0 saturated heterocycles. The zero-order valence-electron chi connectivity index (χ0n) is 9.55. The van der Waals surface area contributed by atoms with Crippen LogP contribution in [0, 0.1) is 11.7 Å². The Morgan fingerprint density at radius 2 is 2.19 bits per heavy atom. The van der Waals surface area contributed by atoms with Crippen LogP contribution in [0.2, 0.25) is 0 Å². The number of nitrogens with zero attached hydrogens (tertiary/aromatic N) is 1. The van der Waals surface area contributed by atoms with Crippen LogP contribution in [0.15, 0.2) is 18.2 Å². The molecule has 0 heterocycles. The topological polar surface area (TPSA) is 3.24 Å². The van der Waals surface area contributed by atoms with Crippen LogP contribution in [-0.2, 0) is 5.33 Å². The number of hydrogen-bond donors (Lipinski definition) is 0. The van der Waals surface area contributed by atoms with E-state index in [1.165, 1.54) is 12.8 Å². The van der Waals surface area contributed by atoms with Crippen molar-refractivity contribution in [3.05, 3.63) is 29.6 Å². The average Bonchev–Trinajstić information content (AvgIpc) is 3.10. The highest BCUT2D eigenvalue weighted by Crippen LogP contribution is 2.32. The maximum absolute atomic E-state index is 13.9. The van der Waals surface area contributed by atoms with Crippen molar-refractivity contribution in [3.63, 3.8) is 0 Å². The molecular formula is C13H17BrFN. The van der Waals surface area contributed by atoms with Crippen LogP contribution in [0.3, 0.4) is 0 Å². The summed E-state index contributed by atoms with van der Waals surface area (Å²) in [5.41, 5.74) is 1.74. The molecule has 0 amide bonds. The Morgan fingerprint density at radius 1 is 1.44 bits per heavy atom. The Bertz CT molecular complexity index is 363. The van der Waals surface area contributed by atoms with E-state index in [2.05, 4.69) is 27.8 Å². The van der Waals surface area contributed by atoms with Gasteiger partial charge in [-0.05, 0) is 43.4 Å². The van der Waals surface area contributed by atoms with Gasteiger partial charge in [-0.15, -0.1) is 0 Å². The molecule has 16 heavy (non-hydrogen) atoms. The summed E-state index contributed by atoms with van der Waals surface area (Å²) >= 11 is 3.34. The van der Waals surface area contributed by atoms with Crippen LogP contribution in [-0.4, -0.2) is 13.1 Å². The molecule has 1 aromatic carbocycles. The summed E-state index contributed by atoms with van der Waals surface area (Å²) in [4.78, 5) is 2.14. The maximum atomic E-state index is 13.9. The van der Waals surface area contributed by atoms with E-state index >= 15 is 0 Å². The SMILES string of the molecule is CCN(CC1CC1)c1ccc(CBr)cc1F. The molecule has 0 bridgehead atoms. The van der Waals surface area contributed by atoms with Gasteiger partial charge in [0.2, 0.25) is 0 Å². The quantitative estimate of drug-likeness (QED) is 0.741. The molecule has 0 aliphatic heterocycles. The van der Waals surface area contributed by atoms with Crippen LogP contribution >= 0.6 is 15.9 Å². The molecule has 1 saturated carbocycles. The number of anilines is 1. The van der Waals surface area contributed by atoms with Crippen LogP contribution in [0.5, 0.6) is 0 Å². The standard InChI is InChI=1S/C13H17BrFN/c1-2-16(9-10-3-4-10)13-6-5-11(8-14)7-12(13)15/h5-7,10H,2-4,8-9H2,1H3. The van der Waals surface area contributed by atoms with E-state index in [9.17, 15) is 4.39 Å². The van der Waals surface area contributed by atoms with E-state index in [1.54, 1.807) is 6.07 Å². The summed E-state index contributed by atoms with van der Waals surface area (Å²) in [6.07, 6.45) is 2.61. The van der Waals surface area contributed by atoms with Gasteiger partial charge in [0, 0.05) is 18.4 Å². The Hall–Kier alpha value is -0.570. The first-order valence-corrected chi connectivity index (χ1v) is 6.96. The Labute approximate surface area is 105 Å². The average molecular weight is 286 g/mol. The Balaban J connectivity index is 2.15. The normalized spacial score (nSPS) is 15.2. The zero-order valence-corrected chi connectivity index (χ0v) is 11.1. The van der Waals surface area contributed by atoms with Gasteiger partial charge >= 0.3 is 0 Å². The summed E-state index contributed by atoms with van der Waals surface area (Å²) in [5.74, 6) is 0.689. The van der Waals surface area contributed by atoms with Crippen molar-refractivity contribution in [2.45, 2.75) is 25.1 Å². The monoisotopic (exact) mass is 285 g/mol. The molecule has 1 fully saturated rings. The van der Waals surface area contributed by atoms with E-state index in [0.29, 0.717) is 5.33 Å². The van der Waals surface area contributed by atoms with Crippen LogP contribution in [0.25, 0.3) is 0 Å². The predicted octanol–water partition coefficient (Wildman–Crippen LogP) is 3.96. The number of halogens is 2. The highest BCUT2D eigenvalue weighted by atomic mass is 79.9. The van der Waals surface area contributed by atoms with Gasteiger partial charge in [-0.3, -0.25) is 0 Å². The highest BCUT2D eigenvalue weighted by molar-refractivity contribution is 9.08. The third-order valence-corrected chi connectivity index (χ3v) is 3.71. The molecule has 0 spiro atoms. The molecule has 0 atom stereocenters. The lowest BCUT2D eigenvalue weighted by atomic mass is 10.2. The van der Waals surface area contributed by atoms with Crippen molar-refractivity contribution in [3.8, 4) is 0 Å². The minimum Gasteiger partial charge on any atom is -0.369 e. The fourth-order valence-electron chi connectivity index (χ4n) is 1.90. The number of hydrogen-bond acceptors (Lipinski definition) is 1. The largest absolute Gasteiger partial charge is 0.369 e. The van der Waals surface area contributed by atoms with Crippen molar-refractivity contribution in [1.29, 1.82) is 0 Å². The summed E-state index contributed by atoms with van der Waals surface area (Å²) in [5, 5.41) is 0.707. The minimum absolute atomic E-state index is 0.0977. The van der Waals surface area contributed by atoms with Crippen LogP contribution in [0.1, 0.15) is 25.3 Å². The molecule has 2 rings (SSSR count). The molecule has 1 aliphatic carbocycles. The first-order chi connectivity index (χ1) is 7.74. The molecule has 3 heteroatoms. The van der Waals surface area contributed by atoms with Crippen LogP contribution in [0.4, 0.5) is 10.1 Å². The van der Waals surface area contributed by atoms with E-state index < -0.39 is 0 Å². The maximum Gasteiger partial charge on any atom is 0.146 e. The van der Waals surface area contributed by atoms with Gasteiger partial charge in [-0.2, -0.15) is 0 Å². The van der Waals surface area contributed by atoms with Crippen molar-refractivity contribution >= 4 is 21.6 Å². The smallest absolute Gasteiger partial charge is 0.146 e. The van der Waals surface area contributed by atoms with Crippen molar-refractivity contribution < 1.29 is 4.39 Å². The lowest BCUT2D eigenvalue weighted by Gasteiger charge is -2.23. The van der Waals surface area contributed by atoms with E-state index in [0.717, 1.165) is 30.3 Å². The third-order valence-electron chi connectivity index (χ3n) is 3.06. The predicted molar refractivity (Wildman–Crippen MR) is 69.6 cm³/mol. The van der Waals surface area contributed by atoms with E-state index in [1.807, 2.05) is 12.1 Å². The van der Waals surface area contributed by atoms with Gasteiger partial charge in [0.25, 0.3) is 0 Å². The van der Waals surface area contributed by atoms with Gasteiger partial charge < -0.3 is 4.90 Å². The molecule has 1 nitrogen and oxygen atoms in total. The van der Waals surface area contributed by atoms with Crippen molar-refractivity contribution in [1.82, 2.24) is 0 Å². The summed E-state index contributed by atoms with van der Waals surface area (Å²) < 4.78 is 13.9. The fraction of sp³-hybridized carbons (Fsp3) is 0.538. The number of alkyl halides is 1. The number of benzene rings is 1. The first-order valence-electron chi connectivity index (χ1n) is 5.84. The van der Waals surface area contributed by atoms with Crippen molar-refractivity contribution in [2.24, 2.45) is 5.92 Å². The molecule has 88 valence electrons. The lowest BCUT2D eigenvalue weighted by Crippen LogP contribution is -2.26. The minimum atomic E-state index is -0.0977. The summed E-state index contributed by atoms with van der Waals surface area (Å²) in [6.45, 7) is 3.96. The van der Waals surface area contributed by atoms with Gasteiger partial charge in [0.1, 0.15) is 5.82 Å². The molecule has 0 unspecified atom stereocenters. The highest BCUT2D eigenvalue weighted by Gasteiger charge is 2.24. The molecule has 0 aromatic heterocycles. The summed E-state index contributed by atoms with van der Waals surface area (Å²) in [7, 11) is 0. The molecule has 0 N–H and O–H groups in total. The third kappa shape index (κ3) is 2.76. The lowest BCUT2D eigenvalue weighted by molar-refractivity contribution is 0.612. The Kier molecular flexibility index (Phi) is 3.85. The van der Waals surface area contributed by atoms with Crippen LogP contribution < -0.4 is 4.90 Å². The van der Waals surface area contributed by atoms with Gasteiger partial charge in [-0.1, -0.05) is 22.0 Å². The zero-order chi connectivity index (χ0) is 11.5. The molecule has 0 radical (unpaired) electrons. The Morgan fingerprint density at radius 3 is 2.69 bits per heavy atom. The number of rotatable bonds is 5. The second-order valence-electron chi connectivity index (χ2n) is 4.40. The molecular weight excluding hydrogens is 269 g/mol. The fourth-order valence-corrected chi connectivity index (χ4v) is 2.25. The van der Waals surface area contributed by atoms with Gasteiger partial charge in [-0.25, -0.2) is 4.39 Å². The molecule has 1 aliphatic rings. The second-order valence-corrected chi connectivity index (χ2v) is 4.96. The van der Waals surface area contributed by atoms with E-state index in [-0.39, 0.29) is 5.82 Å². The molecule has 1 aromatic rings. The summed E-state index contributed by atoms with van der Waals surface area (Å²) in [6, 6.07) is 5.51. The van der Waals surface area contributed by atoms with Crippen molar-refractivity contribution in [2.75, 3.05) is 18.0 Å². The van der Waals surface area contributed by atoms with Gasteiger partial charge in [0.05, 0.1) is 5.69 Å². The second kappa shape index (κ2) is 5.17. The first kappa shape index (κ1) is 11.9. The van der Waals surface area contributed by atoms with E-state index in [4.69, 9.17) is 0 Å². The van der Waals surface area contributed by atoms with Gasteiger partial charge in [0.15, 0.2) is 0 Å².